The SMILES string of the molecule is Cc1c(Cl)nc(-c2ccc(O)cc2)nc1N1CCOCC1. The van der Waals surface area contributed by atoms with E-state index in [0.717, 1.165) is 30.0 Å². The van der Waals surface area contributed by atoms with Crippen LogP contribution in [0.4, 0.5) is 5.82 Å². The molecule has 0 saturated carbocycles. The lowest BCUT2D eigenvalue weighted by Gasteiger charge is -2.29. The average Bonchev–Trinajstić information content (AvgIpc) is 2.51. The number of morpholine rings is 1. The summed E-state index contributed by atoms with van der Waals surface area (Å²) in [6, 6.07) is 6.78. The molecular formula is C15H16ClN3O2. The summed E-state index contributed by atoms with van der Waals surface area (Å²) >= 11 is 6.26. The number of nitrogens with zero attached hydrogens (tertiary/aromatic N) is 3. The topological polar surface area (TPSA) is 58.5 Å². The van der Waals surface area contributed by atoms with E-state index in [1.54, 1.807) is 24.3 Å². The Bertz CT molecular complexity index is 640. The van der Waals surface area contributed by atoms with Gasteiger partial charge in [-0.1, -0.05) is 11.6 Å². The summed E-state index contributed by atoms with van der Waals surface area (Å²) in [4.78, 5) is 11.2. The molecule has 2 aromatic rings. The molecule has 21 heavy (non-hydrogen) atoms. The van der Waals surface area contributed by atoms with E-state index in [4.69, 9.17) is 16.3 Å². The van der Waals surface area contributed by atoms with Crippen LogP contribution in [0.1, 0.15) is 5.56 Å². The zero-order chi connectivity index (χ0) is 14.8. The standard InChI is InChI=1S/C15H16ClN3O2/c1-10-13(16)17-14(11-2-4-12(20)5-3-11)18-15(10)19-6-8-21-9-7-19/h2-5,20H,6-9H2,1H3. The second-order valence-electron chi connectivity index (χ2n) is 4.93. The van der Waals surface area contributed by atoms with Crippen LogP contribution in [0.3, 0.4) is 0 Å². The van der Waals surface area contributed by atoms with E-state index in [1.807, 2.05) is 6.92 Å². The van der Waals surface area contributed by atoms with E-state index in [1.165, 1.54) is 0 Å². The molecule has 0 aliphatic carbocycles. The number of anilines is 1. The van der Waals surface area contributed by atoms with Gasteiger partial charge in [0.1, 0.15) is 16.7 Å². The van der Waals surface area contributed by atoms with Crippen LogP contribution in [0, 0.1) is 6.92 Å². The Morgan fingerprint density at radius 2 is 1.81 bits per heavy atom. The monoisotopic (exact) mass is 305 g/mol. The molecule has 3 rings (SSSR count). The predicted octanol–water partition coefficient (Wildman–Crippen LogP) is 2.65. The number of phenols is 1. The molecule has 0 amide bonds. The maximum absolute atomic E-state index is 9.37. The lowest BCUT2D eigenvalue weighted by Crippen LogP contribution is -2.37. The van der Waals surface area contributed by atoms with Crippen molar-refractivity contribution in [2.45, 2.75) is 6.92 Å². The van der Waals surface area contributed by atoms with Gasteiger partial charge in [0.25, 0.3) is 0 Å². The third-order valence-corrected chi connectivity index (χ3v) is 3.86. The van der Waals surface area contributed by atoms with Gasteiger partial charge >= 0.3 is 0 Å². The van der Waals surface area contributed by atoms with Crippen molar-refractivity contribution in [3.05, 3.63) is 35.0 Å². The summed E-state index contributed by atoms with van der Waals surface area (Å²) in [6.45, 7) is 4.89. The number of ether oxygens (including phenoxy) is 1. The molecular weight excluding hydrogens is 290 g/mol. The number of benzene rings is 1. The zero-order valence-electron chi connectivity index (χ0n) is 11.7. The van der Waals surface area contributed by atoms with Crippen LogP contribution in [-0.4, -0.2) is 41.4 Å². The van der Waals surface area contributed by atoms with E-state index in [-0.39, 0.29) is 5.75 Å². The molecule has 1 aromatic carbocycles. The molecule has 1 saturated heterocycles. The van der Waals surface area contributed by atoms with Gasteiger partial charge in [-0.05, 0) is 31.2 Å². The minimum atomic E-state index is 0.213. The van der Waals surface area contributed by atoms with Crippen molar-refractivity contribution in [1.82, 2.24) is 9.97 Å². The van der Waals surface area contributed by atoms with Gasteiger partial charge in [0, 0.05) is 24.2 Å². The molecule has 0 bridgehead atoms. The van der Waals surface area contributed by atoms with Gasteiger partial charge in [-0.25, -0.2) is 9.97 Å². The second-order valence-corrected chi connectivity index (χ2v) is 5.29. The van der Waals surface area contributed by atoms with Crippen LogP contribution in [0.2, 0.25) is 5.15 Å². The van der Waals surface area contributed by atoms with Crippen molar-refractivity contribution in [2.75, 3.05) is 31.2 Å². The molecule has 1 N–H and O–H groups in total. The van der Waals surface area contributed by atoms with E-state index in [0.29, 0.717) is 24.2 Å². The van der Waals surface area contributed by atoms with E-state index >= 15 is 0 Å². The van der Waals surface area contributed by atoms with Crippen LogP contribution in [0.25, 0.3) is 11.4 Å². The first-order chi connectivity index (χ1) is 10.1. The van der Waals surface area contributed by atoms with Gasteiger partial charge in [-0.15, -0.1) is 0 Å². The summed E-state index contributed by atoms with van der Waals surface area (Å²) in [5, 5.41) is 9.83. The Kier molecular flexibility index (Phi) is 3.94. The molecule has 6 heteroatoms. The number of phenolic OH excluding ortho intramolecular Hbond substituents is 1. The fourth-order valence-electron chi connectivity index (χ4n) is 2.30. The molecule has 1 aromatic heterocycles. The van der Waals surface area contributed by atoms with Gasteiger partial charge in [0.15, 0.2) is 5.82 Å². The number of aromatic hydroxyl groups is 1. The lowest BCUT2D eigenvalue weighted by molar-refractivity contribution is 0.122. The summed E-state index contributed by atoms with van der Waals surface area (Å²) in [6.07, 6.45) is 0. The van der Waals surface area contributed by atoms with Crippen molar-refractivity contribution >= 4 is 17.4 Å². The van der Waals surface area contributed by atoms with Crippen molar-refractivity contribution in [1.29, 1.82) is 0 Å². The number of hydrogen-bond acceptors (Lipinski definition) is 5. The highest BCUT2D eigenvalue weighted by atomic mass is 35.5. The average molecular weight is 306 g/mol. The maximum atomic E-state index is 9.37. The van der Waals surface area contributed by atoms with Crippen molar-refractivity contribution in [2.24, 2.45) is 0 Å². The van der Waals surface area contributed by atoms with Gasteiger partial charge in [0.05, 0.1) is 13.2 Å². The fraction of sp³-hybridized carbons (Fsp3) is 0.333. The van der Waals surface area contributed by atoms with Crippen LogP contribution in [0.15, 0.2) is 24.3 Å². The Morgan fingerprint density at radius 1 is 1.14 bits per heavy atom. The number of aromatic nitrogens is 2. The van der Waals surface area contributed by atoms with E-state index in [9.17, 15) is 5.11 Å². The quantitative estimate of drug-likeness (QED) is 0.864. The largest absolute Gasteiger partial charge is 0.508 e. The fourth-order valence-corrected chi connectivity index (χ4v) is 2.47. The lowest BCUT2D eigenvalue weighted by atomic mass is 10.2. The van der Waals surface area contributed by atoms with Gasteiger partial charge in [-0.3, -0.25) is 0 Å². The van der Waals surface area contributed by atoms with Crippen LogP contribution in [0.5, 0.6) is 5.75 Å². The molecule has 0 radical (unpaired) electrons. The first-order valence-electron chi connectivity index (χ1n) is 6.81. The Labute approximate surface area is 128 Å². The first-order valence-corrected chi connectivity index (χ1v) is 7.19. The Morgan fingerprint density at radius 3 is 2.48 bits per heavy atom. The van der Waals surface area contributed by atoms with Crippen LogP contribution in [-0.2, 0) is 4.74 Å². The Balaban J connectivity index is 2.02. The zero-order valence-corrected chi connectivity index (χ0v) is 12.5. The summed E-state index contributed by atoms with van der Waals surface area (Å²) in [5.74, 6) is 1.62. The maximum Gasteiger partial charge on any atom is 0.163 e. The predicted molar refractivity (Wildman–Crippen MR) is 81.9 cm³/mol. The minimum absolute atomic E-state index is 0.213. The summed E-state index contributed by atoms with van der Waals surface area (Å²) in [7, 11) is 0. The molecule has 1 aliphatic rings. The molecule has 1 fully saturated rings. The van der Waals surface area contributed by atoms with E-state index in [2.05, 4.69) is 14.9 Å². The van der Waals surface area contributed by atoms with E-state index < -0.39 is 0 Å². The number of rotatable bonds is 2. The van der Waals surface area contributed by atoms with Crippen LogP contribution >= 0.6 is 11.6 Å². The molecule has 1 aliphatic heterocycles. The molecule has 5 nitrogen and oxygen atoms in total. The third-order valence-electron chi connectivity index (χ3n) is 3.50. The van der Waals surface area contributed by atoms with Crippen molar-refractivity contribution in [3.63, 3.8) is 0 Å². The molecule has 0 atom stereocenters. The summed E-state index contributed by atoms with van der Waals surface area (Å²) < 4.78 is 5.37. The van der Waals surface area contributed by atoms with Gasteiger partial charge < -0.3 is 14.7 Å². The highest BCUT2D eigenvalue weighted by Gasteiger charge is 2.18. The number of hydrogen-bond donors (Lipinski definition) is 1. The molecule has 2 heterocycles. The smallest absolute Gasteiger partial charge is 0.163 e. The highest BCUT2D eigenvalue weighted by Crippen LogP contribution is 2.28. The van der Waals surface area contributed by atoms with Gasteiger partial charge in [0.2, 0.25) is 0 Å². The Hall–Kier alpha value is -1.85. The third kappa shape index (κ3) is 2.94. The van der Waals surface area contributed by atoms with Crippen molar-refractivity contribution < 1.29 is 9.84 Å². The van der Waals surface area contributed by atoms with Crippen molar-refractivity contribution in [3.8, 4) is 17.1 Å². The minimum Gasteiger partial charge on any atom is -0.508 e. The second kappa shape index (κ2) is 5.87. The van der Waals surface area contributed by atoms with Gasteiger partial charge in [-0.2, -0.15) is 0 Å². The summed E-state index contributed by atoms with van der Waals surface area (Å²) in [5.41, 5.74) is 1.70. The van der Waals surface area contributed by atoms with Crippen LogP contribution < -0.4 is 4.90 Å². The normalized spacial score (nSPS) is 15.2. The molecule has 0 unspecified atom stereocenters. The molecule has 0 spiro atoms. The first kappa shape index (κ1) is 14.1. The molecule has 110 valence electrons. The number of halogens is 1. The highest BCUT2D eigenvalue weighted by molar-refractivity contribution is 6.30.